The van der Waals surface area contributed by atoms with Gasteiger partial charge in [0.15, 0.2) is 0 Å². The van der Waals surface area contributed by atoms with E-state index in [-0.39, 0.29) is 0 Å². The van der Waals surface area contributed by atoms with Crippen LogP contribution in [-0.2, 0) is 17.7 Å². The molecule has 3 heterocycles. The number of pyridine rings is 1. The summed E-state index contributed by atoms with van der Waals surface area (Å²) < 4.78 is 5.88. The van der Waals surface area contributed by atoms with Crippen molar-refractivity contribution in [3.8, 4) is 0 Å². The standard InChI is InChI=1S/C20H28N2OS/c1-3-23-16-20(7-6-19-14-24-13-17(19)2)8-10-22(15-20)12-18-5-4-9-21-11-18/h4-5,9,11,13-14H,3,6-8,10,12,15-16H2,1-2H3/t20-/m0/s1. The van der Waals surface area contributed by atoms with E-state index in [0.29, 0.717) is 5.41 Å². The van der Waals surface area contributed by atoms with Crippen LogP contribution < -0.4 is 0 Å². The van der Waals surface area contributed by atoms with Gasteiger partial charge in [0.2, 0.25) is 0 Å². The van der Waals surface area contributed by atoms with E-state index in [1.165, 1.54) is 36.0 Å². The predicted octanol–water partition coefficient (Wildman–Crippen LogP) is 4.31. The van der Waals surface area contributed by atoms with Gasteiger partial charge < -0.3 is 4.74 Å². The highest BCUT2D eigenvalue weighted by Crippen LogP contribution is 2.37. The monoisotopic (exact) mass is 344 g/mol. The fourth-order valence-corrected chi connectivity index (χ4v) is 4.56. The molecule has 130 valence electrons. The Balaban J connectivity index is 1.62. The van der Waals surface area contributed by atoms with Gasteiger partial charge in [0, 0.05) is 37.5 Å². The lowest BCUT2D eigenvalue weighted by atomic mass is 9.82. The Morgan fingerprint density at radius 3 is 3.00 bits per heavy atom. The van der Waals surface area contributed by atoms with Crippen LogP contribution in [0, 0.1) is 12.3 Å². The lowest BCUT2D eigenvalue weighted by Gasteiger charge is -2.29. The van der Waals surface area contributed by atoms with Crippen LogP contribution in [0.3, 0.4) is 0 Å². The number of aromatic nitrogens is 1. The first-order chi connectivity index (χ1) is 11.7. The molecule has 0 spiro atoms. The number of rotatable bonds is 8. The van der Waals surface area contributed by atoms with Crippen molar-refractivity contribution in [3.63, 3.8) is 0 Å². The summed E-state index contributed by atoms with van der Waals surface area (Å²) in [7, 11) is 0. The third-order valence-corrected chi connectivity index (χ3v) is 6.06. The minimum absolute atomic E-state index is 0.298. The maximum Gasteiger partial charge on any atom is 0.0535 e. The van der Waals surface area contributed by atoms with Crippen molar-refractivity contribution >= 4 is 11.3 Å². The average Bonchev–Trinajstić information content (AvgIpc) is 3.19. The molecule has 2 aromatic heterocycles. The quantitative estimate of drug-likeness (QED) is 0.713. The van der Waals surface area contributed by atoms with Gasteiger partial charge >= 0.3 is 0 Å². The van der Waals surface area contributed by atoms with Gasteiger partial charge in [0.25, 0.3) is 0 Å². The zero-order valence-corrected chi connectivity index (χ0v) is 15.6. The summed E-state index contributed by atoms with van der Waals surface area (Å²) in [5.41, 5.74) is 4.56. The van der Waals surface area contributed by atoms with Crippen LogP contribution in [0.1, 0.15) is 36.5 Å². The summed E-state index contributed by atoms with van der Waals surface area (Å²) in [6, 6.07) is 4.20. The van der Waals surface area contributed by atoms with Gasteiger partial charge in [-0.05, 0) is 73.2 Å². The van der Waals surface area contributed by atoms with E-state index in [0.717, 1.165) is 32.8 Å². The molecule has 1 saturated heterocycles. The van der Waals surface area contributed by atoms with Gasteiger partial charge in [0.05, 0.1) is 6.61 Å². The predicted molar refractivity (Wildman–Crippen MR) is 100 cm³/mol. The molecule has 4 heteroatoms. The molecule has 0 saturated carbocycles. The van der Waals surface area contributed by atoms with E-state index >= 15 is 0 Å². The Morgan fingerprint density at radius 1 is 1.38 bits per heavy atom. The first-order valence-corrected chi connectivity index (χ1v) is 9.86. The van der Waals surface area contributed by atoms with E-state index in [1.54, 1.807) is 0 Å². The molecule has 1 aliphatic rings. The molecule has 0 aromatic carbocycles. The fraction of sp³-hybridized carbons (Fsp3) is 0.550. The Hall–Kier alpha value is -1.23. The Morgan fingerprint density at radius 2 is 2.29 bits per heavy atom. The number of aryl methyl sites for hydroxylation is 2. The maximum absolute atomic E-state index is 5.88. The molecule has 24 heavy (non-hydrogen) atoms. The van der Waals surface area contributed by atoms with Crippen LogP contribution in [0.5, 0.6) is 0 Å². The molecule has 3 rings (SSSR count). The number of hydrogen-bond donors (Lipinski definition) is 0. The van der Waals surface area contributed by atoms with Crippen molar-refractivity contribution < 1.29 is 4.74 Å². The zero-order valence-electron chi connectivity index (χ0n) is 14.8. The van der Waals surface area contributed by atoms with Crippen molar-refractivity contribution in [1.29, 1.82) is 0 Å². The molecular weight excluding hydrogens is 316 g/mol. The van der Waals surface area contributed by atoms with E-state index in [1.807, 2.05) is 29.8 Å². The second-order valence-corrected chi connectivity index (χ2v) is 7.78. The minimum atomic E-state index is 0.298. The highest BCUT2D eigenvalue weighted by molar-refractivity contribution is 7.08. The topological polar surface area (TPSA) is 25.4 Å². The largest absolute Gasteiger partial charge is 0.381 e. The van der Waals surface area contributed by atoms with E-state index in [9.17, 15) is 0 Å². The lowest BCUT2D eigenvalue weighted by molar-refractivity contribution is 0.0489. The zero-order chi connectivity index (χ0) is 16.8. The van der Waals surface area contributed by atoms with Crippen LogP contribution in [-0.4, -0.2) is 36.2 Å². The van der Waals surface area contributed by atoms with Gasteiger partial charge in [-0.15, -0.1) is 0 Å². The van der Waals surface area contributed by atoms with Crippen LogP contribution in [0.15, 0.2) is 35.3 Å². The number of ether oxygens (including phenoxy) is 1. The summed E-state index contributed by atoms with van der Waals surface area (Å²) in [6.45, 7) is 9.30. The smallest absolute Gasteiger partial charge is 0.0535 e. The molecule has 1 fully saturated rings. The van der Waals surface area contributed by atoms with Crippen molar-refractivity contribution in [2.45, 2.75) is 39.7 Å². The molecule has 0 amide bonds. The van der Waals surface area contributed by atoms with Gasteiger partial charge in [0.1, 0.15) is 0 Å². The molecule has 1 atom stereocenters. The van der Waals surface area contributed by atoms with Crippen LogP contribution >= 0.6 is 11.3 Å². The van der Waals surface area contributed by atoms with Crippen molar-refractivity contribution in [2.24, 2.45) is 5.41 Å². The molecule has 1 aliphatic heterocycles. The molecule has 0 radical (unpaired) electrons. The third kappa shape index (κ3) is 4.44. The van der Waals surface area contributed by atoms with Gasteiger partial charge in [-0.3, -0.25) is 9.88 Å². The highest BCUT2D eigenvalue weighted by atomic mass is 32.1. The molecule has 0 bridgehead atoms. The number of hydrogen-bond acceptors (Lipinski definition) is 4. The third-order valence-electron chi connectivity index (χ3n) is 5.15. The van der Waals surface area contributed by atoms with Gasteiger partial charge in [-0.2, -0.15) is 11.3 Å². The summed E-state index contributed by atoms with van der Waals surface area (Å²) in [4.78, 5) is 6.81. The lowest BCUT2D eigenvalue weighted by Crippen LogP contribution is -2.32. The van der Waals surface area contributed by atoms with E-state index in [2.05, 4.69) is 40.6 Å². The second-order valence-electron chi connectivity index (χ2n) is 7.04. The number of thiophene rings is 1. The van der Waals surface area contributed by atoms with Crippen molar-refractivity contribution in [1.82, 2.24) is 9.88 Å². The van der Waals surface area contributed by atoms with Crippen LogP contribution in [0.4, 0.5) is 0 Å². The summed E-state index contributed by atoms with van der Waals surface area (Å²) in [5.74, 6) is 0. The van der Waals surface area contributed by atoms with Crippen LogP contribution in [0.25, 0.3) is 0 Å². The molecular formula is C20H28N2OS. The maximum atomic E-state index is 5.88. The van der Waals surface area contributed by atoms with Crippen molar-refractivity contribution in [3.05, 3.63) is 52.0 Å². The van der Waals surface area contributed by atoms with E-state index < -0.39 is 0 Å². The van der Waals surface area contributed by atoms with E-state index in [4.69, 9.17) is 4.74 Å². The molecule has 0 aliphatic carbocycles. The average molecular weight is 345 g/mol. The molecule has 0 unspecified atom stereocenters. The first kappa shape index (κ1) is 17.6. The second kappa shape index (κ2) is 8.24. The van der Waals surface area contributed by atoms with Gasteiger partial charge in [-0.25, -0.2) is 0 Å². The molecule has 2 aromatic rings. The first-order valence-electron chi connectivity index (χ1n) is 8.91. The minimum Gasteiger partial charge on any atom is -0.381 e. The summed E-state index contributed by atoms with van der Waals surface area (Å²) in [6.07, 6.45) is 7.45. The Bertz CT molecular complexity index is 628. The highest BCUT2D eigenvalue weighted by Gasteiger charge is 2.38. The number of nitrogens with zero attached hydrogens (tertiary/aromatic N) is 2. The Kier molecular flexibility index (Phi) is 6.04. The molecule has 3 nitrogen and oxygen atoms in total. The summed E-state index contributed by atoms with van der Waals surface area (Å²) in [5, 5.41) is 4.57. The Labute approximate surface area is 149 Å². The van der Waals surface area contributed by atoms with Gasteiger partial charge in [-0.1, -0.05) is 6.07 Å². The SMILES string of the molecule is CCOC[C@@]1(CCc2cscc2C)CCN(Cc2cccnc2)C1. The normalized spacial score (nSPS) is 21.4. The summed E-state index contributed by atoms with van der Waals surface area (Å²) >= 11 is 1.82. The van der Waals surface area contributed by atoms with Crippen molar-refractivity contribution in [2.75, 3.05) is 26.3 Å². The molecule has 0 N–H and O–H groups in total. The number of likely N-dealkylation sites (tertiary alicyclic amines) is 1. The fourth-order valence-electron chi connectivity index (χ4n) is 3.67. The van der Waals surface area contributed by atoms with Crippen LogP contribution in [0.2, 0.25) is 0 Å².